The third kappa shape index (κ3) is 3.67. The van der Waals surface area contributed by atoms with Crippen LogP contribution >= 0.6 is 0 Å². The SMILES string of the molecule is C=CCc1cc(C(=O)Nc2cccc(OC)c2)ccc1OC. The topological polar surface area (TPSA) is 47.6 Å². The molecule has 0 atom stereocenters. The first-order valence-electron chi connectivity index (χ1n) is 6.91. The minimum atomic E-state index is -0.179. The van der Waals surface area contributed by atoms with Crippen molar-refractivity contribution in [2.24, 2.45) is 0 Å². The maximum absolute atomic E-state index is 12.4. The standard InChI is InChI=1S/C18H19NO3/c1-4-6-13-11-14(9-10-17(13)22-3)18(20)19-15-7-5-8-16(12-15)21-2/h4-5,7-12H,1,6H2,2-3H3,(H,19,20). The van der Waals surface area contributed by atoms with Crippen LogP contribution in [0, 0.1) is 0 Å². The maximum Gasteiger partial charge on any atom is 0.255 e. The highest BCUT2D eigenvalue weighted by Crippen LogP contribution is 2.22. The van der Waals surface area contributed by atoms with Gasteiger partial charge in [0.15, 0.2) is 0 Å². The Kier molecular flexibility index (Phi) is 5.20. The van der Waals surface area contributed by atoms with Gasteiger partial charge >= 0.3 is 0 Å². The fourth-order valence-electron chi connectivity index (χ4n) is 2.14. The van der Waals surface area contributed by atoms with Gasteiger partial charge in [0, 0.05) is 17.3 Å². The van der Waals surface area contributed by atoms with Crippen LogP contribution in [0.3, 0.4) is 0 Å². The van der Waals surface area contributed by atoms with Crippen molar-refractivity contribution in [3.05, 3.63) is 66.2 Å². The number of benzene rings is 2. The van der Waals surface area contributed by atoms with Gasteiger partial charge in [-0.05, 0) is 42.3 Å². The molecule has 0 aromatic heterocycles. The zero-order chi connectivity index (χ0) is 15.9. The summed E-state index contributed by atoms with van der Waals surface area (Å²) in [7, 11) is 3.20. The van der Waals surface area contributed by atoms with Gasteiger partial charge in [0.1, 0.15) is 11.5 Å². The molecular weight excluding hydrogens is 278 g/mol. The summed E-state index contributed by atoms with van der Waals surface area (Å²) in [6, 6.07) is 12.6. The van der Waals surface area contributed by atoms with Crippen molar-refractivity contribution in [3.8, 4) is 11.5 Å². The minimum Gasteiger partial charge on any atom is -0.497 e. The number of amides is 1. The lowest BCUT2D eigenvalue weighted by Crippen LogP contribution is -2.12. The first kappa shape index (κ1) is 15.6. The van der Waals surface area contributed by atoms with E-state index in [1.54, 1.807) is 38.5 Å². The summed E-state index contributed by atoms with van der Waals surface area (Å²) in [4.78, 5) is 12.4. The number of anilines is 1. The van der Waals surface area contributed by atoms with Crippen molar-refractivity contribution < 1.29 is 14.3 Å². The second-order valence-electron chi connectivity index (χ2n) is 4.71. The van der Waals surface area contributed by atoms with Gasteiger partial charge in [-0.15, -0.1) is 6.58 Å². The Morgan fingerprint density at radius 2 is 2.00 bits per heavy atom. The number of methoxy groups -OCH3 is 2. The van der Waals surface area contributed by atoms with E-state index in [0.717, 1.165) is 11.3 Å². The van der Waals surface area contributed by atoms with E-state index in [-0.39, 0.29) is 5.91 Å². The van der Waals surface area contributed by atoms with Crippen molar-refractivity contribution in [2.45, 2.75) is 6.42 Å². The molecule has 0 saturated carbocycles. The molecule has 0 aliphatic heterocycles. The molecular formula is C18H19NO3. The van der Waals surface area contributed by atoms with Gasteiger partial charge in [-0.25, -0.2) is 0 Å². The quantitative estimate of drug-likeness (QED) is 0.827. The van der Waals surface area contributed by atoms with Crippen LogP contribution in [0.2, 0.25) is 0 Å². The smallest absolute Gasteiger partial charge is 0.255 e. The highest BCUT2D eigenvalue weighted by atomic mass is 16.5. The van der Waals surface area contributed by atoms with Gasteiger partial charge in [-0.3, -0.25) is 4.79 Å². The average Bonchev–Trinajstić information content (AvgIpc) is 2.55. The van der Waals surface area contributed by atoms with Crippen LogP contribution < -0.4 is 14.8 Å². The molecule has 0 bridgehead atoms. The van der Waals surface area contributed by atoms with Gasteiger partial charge in [-0.2, -0.15) is 0 Å². The number of carbonyl (C=O) groups excluding carboxylic acids is 1. The van der Waals surface area contributed by atoms with Gasteiger partial charge in [0.05, 0.1) is 14.2 Å². The van der Waals surface area contributed by atoms with E-state index >= 15 is 0 Å². The zero-order valence-electron chi connectivity index (χ0n) is 12.8. The number of hydrogen-bond acceptors (Lipinski definition) is 3. The summed E-state index contributed by atoms with van der Waals surface area (Å²) in [5, 5.41) is 2.85. The molecule has 4 heteroatoms. The van der Waals surface area contributed by atoms with Crippen LogP contribution in [-0.4, -0.2) is 20.1 Å². The Morgan fingerprint density at radius 3 is 2.68 bits per heavy atom. The lowest BCUT2D eigenvalue weighted by molar-refractivity contribution is 0.102. The molecule has 1 N–H and O–H groups in total. The Morgan fingerprint density at radius 1 is 1.18 bits per heavy atom. The van der Waals surface area contributed by atoms with Crippen molar-refractivity contribution in [1.29, 1.82) is 0 Å². The van der Waals surface area contributed by atoms with Crippen LogP contribution in [0.25, 0.3) is 0 Å². The monoisotopic (exact) mass is 297 g/mol. The Labute approximate surface area is 130 Å². The summed E-state index contributed by atoms with van der Waals surface area (Å²) in [6.07, 6.45) is 2.42. The molecule has 0 saturated heterocycles. The predicted octanol–water partition coefficient (Wildman–Crippen LogP) is 3.68. The summed E-state index contributed by atoms with van der Waals surface area (Å²) < 4.78 is 10.4. The first-order valence-corrected chi connectivity index (χ1v) is 6.91. The van der Waals surface area contributed by atoms with Crippen LogP contribution in [0.1, 0.15) is 15.9 Å². The lowest BCUT2D eigenvalue weighted by atomic mass is 10.1. The van der Waals surface area contributed by atoms with Gasteiger partial charge < -0.3 is 14.8 Å². The maximum atomic E-state index is 12.4. The lowest BCUT2D eigenvalue weighted by Gasteiger charge is -2.10. The fraction of sp³-hybridized carbons (Fsp3) is 0.167. The second kappa shape index (κ2) is 7.31. The normalized spacial score (nSPS) is 9.91. The molecule has 0 heterocycles. The molecule has 0 unspecified atom stereocenters. The van der Waals surface area contributed by atoms with E-state index in [4.69, 9.17) is 9.47 Å². The molecule has 114 valence electrons. The van der Waals surface area contributed by atoms with Crippen LogP contribution in [-0.2, 0) is 6.42 Å². The molecule has 2 aromatic carbocycles. The minimum absolute atomic E-state index is 0.179. The van der Waals surface area contributed by atoms with Crippen molar-refractivity contribution in [2.75, 3.05) is 19.5 Å². The molecule has 2 aromatic rings. The molecule has 0 radical (unpaired) electrons. The summed E-state index contributed by atoms with van der Waals surface area (Å²) >= 11 is 0. The van der Waals surface area contributed by atoms with Gasteiger partial charge in [-0.1, -0.05) is 12.1 Å². The Bertz CT molecular complexity index is 680. The highest BCUT2D eigenvalue weighted by molar-refractivity contribution is 6.04. The first-order chi connectivity index (χ1) is 10.7. The number of nitrogens with one attached hydrogen (secondary N) is 1. The van der Waals surface area contributed by atoms with E-state index in [1.165, 1.54) is 0 Å². The Balaban J connectivity index is 2.21. The second-order valence-corrected chi connectivity index (χ2v) is 4.71. The Hall–Kier alpha value is -2.75. The molecule has 2 rings (SSSR count). The van der Waals surface area contributed by atoms with E-state index < -0.39 is 0 Å². The fourth-order valence-corrected chi connectivity index (χ4v) is 2.14. The molecule has 22 heavy (non-hydrogen) atoms. The van der Waals surface area contributed by atoms with Crippen LogP contribution in [0.5, 0.6) is 11.5 Å². The molecule has 1 amide bonds. The number of ether oxygens (including phenoxy) is 2. The van der Waals surface area contributed by atoms with Crippen LogP contribution in [0.15, 0.2) is 55.1 Å². The van der Waals surface area contributed by atoms with E-state index in [0.29, 0.717) is 23.4 Å². The summed E-state index contributed by atoms with van der Waals surface area (Å²) in [6.45, 7) is 3.72. The summed E-state index contributed by atoms with van der Waals surface area (Å²) in [5.74, 6) is 1.26. The van der Waals surface area contributed by atoms with E-state index in [9.17, 15) is 4.79 Å². The van der Waals surface area contributed by atoms with Gasteiger partial charge in [0.2, 0.25) is 0 Å². The number of carbonyl (C=O) groups is 1. The third-order valence-corrected chi connectivity index (χ3v) is 3.23. The molecule has 0 aliphatic carbocycles. The number of allylic oxidation sites excluding steroid dienone is 1. The largest absolute Gasteiger partial charge is 0.497 e. The molecule has 0 aliphatic rings. The molecule has 4 nitrogen and oxygen atoms in total. The molecule has 0 fully saturated rings. The van der Waals surface area contributed by atoms with Gasteiger partial charge in [0.25, 0.3) is 5.91 Å². The number of hydrogen-bond donors (Lipinski definition) is 1. The number of rotatable bonds is 6. The zero-order valence-corrected chi connectivity index (χ0v) is 12.8. The third-order valence-electron chi connectivity index (χ3n) is 3.23. The van der Waals surface area contributed by atoms with Crippen LogP contribution in [0.4, 0.5) is 5.69 Å². The van der Waals surface area contributed by atoms with Crippen molar-refractivity contribution in [3.63, 3.8) is 0 Å². The summed E-state index contributed by atoms with van der Waals surface area (Å²) in [5.41, 5.74) is 2.18. The highest BCUT2D eigenvalue weighted by Gasteiger charge is 2.10. The molecule has 0 spiro atoms. The van der Waals surface area contributed by atoms with E-state index in [2.05, 4.69) is 11.9 Å². The van der Waals surface area contributed by atoms with Crippen molar-refractivity contribution in [1.82, 2.24) is 0 Å². The van der Waals surface area contributed by atoms with E-state index in [1.807, 2.05) is 24.3 Å². The van der Waals surface area contributed by atoms with Crippen molar-refractivity contribution >= 4 is 11.6 Å². The predicted molar refractivity (Wildman–Crippen MR) is 87.8 cm³/mol. The average molecular weight is 297 g/mol.